The van der Waals surface area contributed by atoms with E-state index in [1.54, 1.807) is 0 Å². The molecular formula is C13H28O2S. The third-order valence-electron chi connectivity index (χ3n) is 2.82. The summed E-state index contributed by atoms with van der Waals surface area (Å²) in [5, 5.41) is 9.84. The zero-order valence-electron chi connectivity index (χ0n) is 11.0. The summed E-state index contributed by atoms with van der Waals surface area (Å²) in [7, 11) is 0. The molecule has 0 aromatic rings. The quantitative estimate of drug-likeness (QED) is 0.581. The van der Waals surface area contributed by atoms with Crippen LogP contribution in [0.25, 0.3) is 0 Å². The maximum Gasteiger partial charge on any atom is 0.0784 e. The Labute approximate surface area is 106 Å². The van der Waals surface area contributed by atoms with Gasteiger partial charge in [-0.05, 0) is 18.8 Å². The highest BCUT2D eigenvalue weighted by Crippen LogP contribution is 2.13. The molecule has 0 aliphatic carbocycles. The van der Waals surface area contributed by atoms with Gasteiger partial charge in [-0.3, -0.25) is 0 Å². The predicted octanol–water partition coefficient (Wildman–Crippen LogP) is 3.29. The summed E-state index contributed by atoms with van der Waals surface area (Å²) in [5.41, 5.74) is 0. The molecule has 1 N–H and O–H groups in total. The molecule has 0 spiro atoms. The Morgan fingerprint density at radius 3 is 2.44 bits per heavy atom. The number of hydrogen-bond acceptors (Lipinski definition) is 3. The average Bonchev–Trinajstić information content (AvgIpc) is 2.22. The maximum absolute atomic E-state index is 9.61. The van der Waals surface area contributed by atoms with Gasteiger partial charge >= 0.3 is 0 Å². The Morgan fingerprint density at radius 1 is 1.25 bits per heavy atom. The Kier molecular flexibility index (Phi) is 10.6. The molecular weight excluding hydrogens is 220 g/mol. The van der Waals surface area contributed by atoms with Crippen LogP contribution in [0.2, 0.25) is 0 Å². The highest BCUT2D eigenvalue weighted by molar-refractivity contribution is 7.80. The summed E-state index contributed by atoms with van der Waals surface area (Å²) in [6.07, 6.45) is 5.27. The summed E-state index contributed by atoms with van der Waals surface area (Å²) >= 11 is 4.25. The van der Waals surface area contributed by atoms with Gasteiger partial charge in [0.25, 0.3) is 0 Å². The first-order valence-electron chi connectivity index (χ1n) is 6.53. The second-order valence-electron chi connectivity index (χ2n) is 4.69. The fourth-order valence-corrected chi connectivity index (χ4v) is 1.97. The van der Waals surface area contributed by atoms with Crippen LogP contribution in [0.4, 0.5) is 0 Å². The maximum atomic E-state index is 9.61. The van der Waals surface area contributed by atoms with Crippen LogP contribution in [0.3, 0.4) is 0 Å². The monoisotopic (exact) mass is 248 g/mol. The van der Waals surface area contributed by atoms with Crippen molar-refractivity contribution in [1.82, 2.24) is 0 Å². The van der Waals surface area contributed by atoms with Gasteiger partial charge in [0.15, 0.2) is 0 Å². The number of ether oxygens (including phenoxy) is 1. The van der Waals surface area contributed by atoms with E-state index in [9.17, 15) is 5.11 Å². The van der Waals surface area contributed by atoms with Gasteiger partial charge in [0.05, 0.1) is 12.7 Å². The van der Waals surface area contributed by atoms with Crippen LogP contribution in [-0.4, -0.2) is 29.7 Å². The molecule has 0 heterocycles. The van der Waals surface area contributed by atoms with Crippen molar-refractivity contribution < 1.29 is 9.84 Å². The molecule has 0 saturated heterocycles. The second kappa shape index (κ2) is 10.4. The Hall–Kier alpha value is 0.270. The van der Waals surface area contributed by atoms with E-state index in [1.165, 1.54) is 25.7 Å². The third-order valence-corrected chi connectivity index (χ3v) is 3.03. The molecule has 0 aromatic carbocycles. The van der Waals surface area contributed by atoms with Crippen LogP contribution in [0.5, 0.6) is 0 Å². The van der Waals surface area contributed by atoms with E-state index in [2.05, 4.69) is 26.5 Å². The van der Waals surface area contributed by atoms with Crippen LogP contribution in [0.1, 0.15) is 52.9 Å². The van der Waals surface area contributed by atoms with Crippen LogP contribution < -0.4 is 0 Å². The summed E-state index contributed by atoms with van der Waals surface area (Å²) in [6, 6.07) is 0. The lowest BCUT2D eigenvalue weighted by atomic mass is 10.0. The van der Waals surface area contributed by atoms with Gasteiger partial charge in [-0.15, -0.1) is 0 Å². The molecule has 0 aliphatic heterocycles. The van der Waals surface area contributed by atoms with E-state index >= 15 is 0 Å². The van der Waals surface area contributed by atoms with Crippen molar-refractivity contribution in [1.29, 1.82) is 0 Å². The SMILES string of the molecule is CCCCC(CC)COCC(O)CC(C)S. The number of aliphatic hydroxyl groups excluding tert-OH is 1. The van der Waals surface area contributed by atoms with Crippen LogP contribution in [0, 0.1) is 5.92 Å². The first-order chi connectivity index (χ1) is 7.60. The molecule has 0 rings (SSSR count). The third kappa shape index (κ3) is 9.49. The summed E-state index contributed by atoms with van der Waals surface area (Å²) < 4.78 is 5.56. The molecule has 2 nitrogen and oxygen atoms in total. The minimum Gasteiger partial charge on any atom is -0.391 e. The van der Waals surface area contributed by atoms with Gasteiger partial charge in [-0.2, -0.15) is 12.6 Å². The largest absolute Gasteiger partial charge is 0.391 e. The minimum atomic E-state index is -0.365. The van der Waals surface area contributed by atoms with Crippen molar-refractivity contribution in [3.05, 3.63) is 0 Å². The molecule has 16 heavy (non-hydrogen) atoms. The molecule has 3 atom stereocenters. The van der Waals surface area contributed by atoms with E-state index < -0.39 is 0 Å². The predicted molar refractivity (Wildman–Crippen MR) is 73.2 cm³/mol. The Bertz CT molecular complexity index is 151. The topological polar surface area (TPSA) is 29.5 Å². The van der Waals surface area contributed by atoms with Gasteiger partial charge in [-0.1, -0.05) is 40.0 Å². The fourth-order valence-electron chi connectivity index (χ4n) is 1.73. The lowest BCUT2D eigenvalue weighted by molar-refractivity contribution is 0.0159. The summed E-state index contributed by atoms with van der Waals surface area (Å²) in [5.74, 6) is 0.653. The number of rotatable bonds is 10. The van der Waals surface area contributed by atoms with Crippen molar-refractivity contribution in [3.63, 3.8) is 0 Å². The molecule has 0 radical (unpaired) electrons. The first-order valence-corrected chi connectivity index (χ1v) is 7.05. The fraction of sp³-hybridized carbons (Fsp3) is 1.00. The molecule has 98 valence electrons. The molecule has 3 heteroatoms. The first kappa shape index (κ1) is 16.3. The molecule has 0 saturated carbocycles. The van der Waals surface area contributed by atoms with Crippen molar-refractivity contribution in [3.8, 4) is 0 Å². The van der Waals surface area contributed by atoms with Gasteiger partial charge in [0, 0.05) is 11.9 Å². The highest BCUT2D eigenvalue weighted by Gasteiger charge is 2.10. The van der Waals surface area contributed by atoms with Crippen molar-refractivity contribution in [2.45, 2.75) is 64.2 Å². The lowest BCUT2D eigenvalue weighted by Crippen LogP contribution is -2.21. The smallest absolute Gasteiger partial charge is 0.0784 e. The molecule has 0 bridgehead atoms. The molecule has 3 unspecified atom stereocenters. The van der Waals surface area contributed by atoms with Gasteiger partial charge in [-0.25, -0.2) is 0 Å². The van der Waals surface area contributed by atoms with Crippen molar-refractivity contribution >= 4 is 12.6 Å². The molecule has 0 aromatic heterocycles. The average molecular weight is 248 g/mol. The van der Waals surface area contributed by atoms with Crippen LogP contribution in [-0.2, 0) is 4.74 Å². The standard InChI is InChI=1S/C13H28O2S/c1-4-6-7-12(5-2)9-15-10-13(14)8-11(3)16/h11-14,16H,4-10H2,1-3H3. The van der Waals surface area contributed by atoms with Gasteiger partial charge in [0.1, 0.15) is 0 Å². The lowest BCUT2D eigenvalue weighted by Gasteiger charge is -2.17. The van der Waals surface area contributed by atoms with Gasteiger partial charge in [0.2, 0.25) is 0 Å². The Balaban J connectivity index is 3.53. The van der Waals surface area contributed by atoms with Crippen LogP contribution >= 0.6 is 12.6 Å². The highest BCUT2D eigenvalue weighted by atomic mass is 32.1. The molecule has 0 amide bonds. The number of thiol groups is 1. The normalized spacial score (nSPS) is 17.1. The van der Waals surface area contributed by atoms with Gasteiger partial charge < -0.3 is 9.84 Å². The van der Waals surface area contributed by atoms with E-state index in [0.29, 0.717) is 18.9 Å². The number of unbranched alkanes of at least 4 members (excludes halogenated alkanes) is 1. The summed E-state index contributed by atoms with van der Waals surface area (Å²) in [4.78, 5) is 0. The molecule has 0 aliphatic rings. The van der Waals surface area contributed by atoms with E-state index in [0.717, 1.165) is 6.61 Å². The Morgan fingerprint density at radius 2 is 1.94 bits per heavy atom. The van der Waals surface area contributed by atoms with Crippen LogP contribution in [0.15, 0.2) is 0 Å². The number of hydrogen-bond donors (Lipinski definition) is 2. The minimum absolute atomic E-state index is 0.237. The summed E-state index contributed by atoms with van der Waals surface area (Å²) in [6.45, 7) is 7.64. The van der Waals surface area contributed by atoms with Crippen molar-refractivity contribution in [2.75, 3.05) is 13.2 Å². The van der Waals surface area contributed by atoms with Crippen molar-refractivity contribution in [2.24, 2.45) is 5.92 Å². The zero-order valence-corrected chi connectivity index (χ0v) is 11.9. The molecule has 0 fully saturated rings. The second-order valence-corrected chi connectivity index (χ2v) is 5.57. The number of aliphatic hydroxyl groups is 1. The van der Waals surface area contributed by atoms with E-state index in [-0.39, 0.29) is 11.4 Å². The zero-order chi connectivity index (χ0) is 12.4. The van der Waals surface area contributed by atoms with E-state index in [4.69, 9.17) is 4.74 Å². The van der Waals surface area contributed by atoms with E-state index in [1.807, 2.05) is 6.92 Å².